The number of nitrogens with two attached hydrogens (primary N) is 1. The van der Waals surface area contributed by atoms with Crippen molar-refractivity contribution < 1.29 is 94.2 Å². The van der Waals surface area contributed by atoms with Crippen LogP contribution in [-0.4, -0.2) is 171 Å². The van der Waals surface area contributed by atoms with Crippen LogP contribution in [-0.2, 0) is 114 Å². The highest BCUT2D eigenvalue weighted by atomic mass is 79.9. The molecule has 764 valence electrons. The van der Waals surface area contributed by atoms with E-state index in [1.807, 2.05) is 95.4 Å². The van der Waals surface area contributed by atoms with E-state index in [0.29, 0.717) is 93.4 Å². The molecular weight excluding hydrogens is 2220 g/mol. The number of aliphatic hydroxyl groups is 2. The number of carbonyl (C=O) groups is 2. The van der Waals surface area contributed by atoms with Crippen LogP contribution in [0.5, 0.6) is 0 Å². The van der Waals surface area contributed by atoms with Crippen molar-refractivity contribution in [3.05, 3.63) is 244 Å². The summed E-state index contributed by atoms with van der Waals surface area (Å²) in [6, 6.07) is 42.1. The van der Waals surface area contributed by atoms with Gasteiger partial charge in [0, 0.05) is 121 Å². The lowest BCUT2D eigenvalue weighted by molar-refractivity contribution is -0.156. The molecule has 14 rings (SSSR count). The number of carbonyl (C=O) groups excluding carboxylic acids is 2. The predicted molar refractivity (Wildman–Crippen MR) is 561 cm³/mol. The van der Waals surface area contributed by atoms with Gasteiger partial charge >= 0.3 is 19.1 Å². The van der Waals surface area contributed by atoms with Gasteiger partial charge in [-0.2, -0.15) is 25.7 Å². The topological polar surface area (TPSA) is 419 Å². The average Bonchev–Trinajstić information content (AvgIpc) is 1.61. The molecule has 1 aliphatic rings. The van der Waals surface area contributed by atoms with Crippen molar-refractivity contribution >= 4 is 199 Å². The van der Waals surface area contributed by atoms with E-state index in [-0.39, 0.29) is 37.0 Å². The van der Waals surface area contributed by atoms with Gasteiger partial charge in [0.05, 0.1) is 97.7 Å². The number of benzene rings is 7. The maximum absolute atomic E-state index is 14.3. The van der Waals surface area contributed by atoms with Crippen molar-refractivity contribution in [2.45, 2.75) is 174 Å². The van der Waals surface area contributed by atoms with Crippen molar-refractivity contribution in [3.63, 3.8) is 0 Å². The maximum Gasteiger partial charge on any atom is 0.497 e. The number of hydrogen-bond acceptors (Lipinski definition) is 24. The first-order valence-corrected chi connectivity index (χ1v) is 55.1. The molecule has 2 atom stereocenters. The van der Waals surface area contributed by atoms with Crippen molar-refractivity contribution in [2.24, 2.45) is 28.2 Å². The van der Waals surface area contributed by atoms with Crippen molar-refractivity contribution in [1.82, 2.24) is 49.1 Å². The standard InChI is InChI=1S/C34H37F2N3O5S.C24H26BrF2NO3.C15H22BN3O4S.C9H10BrN3O2S.C8H8BrN3.C7H3BrFN.CH3ClO2S/c1-33(2,3)44-30(40)18-22(15-21-16-23(35)19-24(36)17-21)31-26(12-11-25(37-31)13-14-34(4,5)41)27-9-8-10-28-29(20-45(7,42)43)38-39(6)32(27)28;1-23(2,3)31-21(29)13-16(10-15-11-17(26)14-18(27)12-15)22-20(25)7-6-19(28-22)8-9-24(4,5)30;1-14(2)15(3,4)23-16(22-14)11-9-7-8-10-12(11)19(5)17-13(10)18-24(6,20)21;1-13-8-6(4-3-5-7(8)10)9(11-13)12-16(2,14)15;1-12-7-5(8(10)11-12)3-2-4-6(7)9;8-6-3-1-2-5(4-10)7(6)9;1-5(2,3)4/h8-12,16-17,19,22,41H,15,18,20H2,1-7H3;6-7,11-12,14,16,30H,10,13H2,1-5H3;7-9H,1-6H3,(H,17,18);3-5H,1-2H3,(H,11,12);2-4H,1H3,(H2,10,11);1-3H;1H3/t22-;16-;;;;;/m11...../s1. The Bertz CT molecular complexity index is 7550. The number of rotatable bonds is 18. The smallest absolute Gasteiger partial charge is 0.460 e. The Kier molecular flexibility index (Phi) is 39.1. The Hall–Kier alpha value is -10.8. The zero-order valence-corrected chi connectivity index (χ0v) is 92.6. The van der Waals surface area contributed by atoms with Gasteiger partial charge in [0.25, 0.3) is 0 Å². The molecule has 6 aromatic heterocycles. The number of sulfonamides is 2. The van der Waals surface area contributed by atoms with Crippen LogP contribution in [0.2, 0.25) is 0 Å². The molecule has 0 unspecified atom stereocenters. The number of sulfone groups is 1. The molecule has 0 saturated carbocycles. The second-order valence-electron chi connectivity index (χ2n) is 37.3. The quantitative estimate of drug-likeness (QED) is 0.0175. The van der Waals surface area contributed by atoms with Gasteiger partial charge in [0.2, 0.25) is 29.1 Å². The lowest BCUT2D eigenvalue weighted by atomic mass is 9.78. The van der Waals surface area contributed by atoms with E-state index in [2.05, 4.69) is 133 Å². The van der Waals surface area contributed by atoms with Crippen LogP contribution >= 0.6 is 74.4 Å². The van der Waals surface area contributed by atoms with Gasteiger partial charge in [-0.25, -0.2) is 65.6 Å². The van der Waals surface area contributed by atoms with Gasteiger partial charge < -0.3 is 34.7 Å². The number of hydrogen-bond donors (Lipinski definition) is 5. The number of halogens is 10. The largest absolute Gasteiger partial charge is 0.497 e. The number of nitriles is 1. The third-order valence-corrected chi connectivity index (χ3v) is 24.9. The third-order valence-electron chi connectivity index (χ3n) is 20.4. The van der Waals surface area contributed by atoms with E-state index < -0.39 is 133 Å². The summed E-state index contributed by atoms with van der Waals surface area (Å²) in [7, 11) is -2.22. The number of anilines is 3. The first kappa shape index (κ1) is 117. The Labute approximate surface area is 867 Å². The van der Waals surface area contributed by atoms with Crippen LogP contribution in [0.1, 0.15) is 167 Å². The zero-order chi connectivity index (χ0) is 107. The fourth-order valence-electron chi connectivity index (χ4n) is 14.3. The lowest BCUT2D eigenvalue weighted by Crippen LogP contribution is -2.41. The van der Waals surface area contributed by atoms with E-state index in [1.165, 1.54) is 44.2 Å². The number of pyridine rings is 2. The summed E-state index contributed by atoms with van der Waals surface area (Å²) in [5.41, 5.74) is 9.03. The summed E-state index contributed by atoms with van der Waals surface area (Å²) in [6.07, 6.45) is 4.27. The SMILES string of the molecule is CC(C)(O)C#Cc1ccc(Br)c([C@@H](CC(=O)OC(C)(C)C)Cc2cc(F)cc(F)c2)n1.CS(=O)(=O)Cl.Cn1nc(CS(C)(=O)=O)c2cccc(-c3ccc(C#CC(C)(C)O)nc3[C@@H](CC(=O)OC(C)(C)C)Cc3cc(F)cc(F)c3)c21.Cn1nc(N)c2cccc(Br)c21.Cn1nc(NS(C)(=O)=O)c2cccc(B3OC(C)(C)C(C)(C)O3)c21.Cn1nc(NS(C)(=O)=O)c2cccc(Br)c21.N#Cc1cccc(Br)c1F. The van der Waals surface area contributed by atoms with Crippen LogP contribution in [0.4, 0.5) is 39.4 Å². The molecule has 0 aliphatic carbocycles. The number of fused-ring (bicyclic) bond motifs is 4. The summed E-state index contributed by atoms with van der Waals surface area (Å²) in [5, 5.41) is 48.5. The van der Waals surface area contributed by atoms with Crippen LogP contribution < -0.4 is 20.6 Å². The molecule has 1 aliphatic heterocycles. The molecule has 13 aromatic rings. The molecule has 1 fully saturated rings. The summed E-state index contributed by atoms with van der Waals surface area (Å²) >= 11 is 13.3. The fourth-order valence-corrected chi connectivity index (χ4v) is 18.1. The molecule has 143 heavy (non-hydrogen) atoms. The Morgan fingerprint density at radius 1 is 0.510 bits per heavy atom. The van der Waals surface area contributed by atoms with E-state index in [0.717, 1.165) is 78.9 Å². The molecule has 7 aromatic carbocycles. The minimum Gasteiger partial charge on any atom is -0.460 e. The molecule has 30 nitrogen and oxygen atoms in total. The number of aromatic nitrogens is 10. The molecule has 0 amide bonds. The highest BCUT2D eigenvalue weighted by Crippen LogP contribution is 2.41. The fraction of sp³-hybridized carbons (Fsp3) is 0.357. The van der Waals surface area contributed by atoms with Gasteiger partial charge in [-0.3, -0.25) is 37.8 Å². The number of nitrogens with one attached hydrogen (secondary N) is 2. The molecule has 45 heteroatoms. The number of nitrogens with zero attached hydrogens (tertiary/aromatic N) is 11. The highest BCUT2D eigenvalue weighted by molar-refractivity contribution is 9.11. The number of nitrogen functional groups attached to an aromatic ring is 1. The second-order valence-corrected chi connectivity index (χ2v) is 49.4. The Balaban J connectivity index is 0.000000222. The molecule has 0 spiro atoms. The number of esters is 2. The predicted octanol–water partition coefficient (Wildman–Crippen LogP) is 18.5. The van der Waals surface area contributed by atoms with Crippen molar-refractivity contribution in [2.75, 3.05) is 40.2 Å². The van der Waals surface area contributed by atoms with Crippen LogP contribution in [0.25, 0.3) is 54.7 Å². The zero-order valence-electron chi connectivity index (χ0n) is 82.2. The van der Waals surface area contributed by atoms with Crippen LogP contribution in [0, 0.1) is 64.1 Å². The Morgan fingerprint density at radius 3 is 1.33 bits per heavy atom. The summed E-state index contributed by atoms with van der Waals surface area (Å²) < 4.78 is 195. The number of aryl methyl sites for hydroxylation is 4. The van der Waals surface area contributed by atoms with Crippen LogP contribution in [0.3, 0.4) is 0 Å². The van der Waals surface area contributed by atoms with Gasteiger partial charge in [0.15, 0.2) is 33.1 Å². The van der Waals surface area contributed by atoms with Gasteiger partial charge in [-0.1, -0.05) is 60.4 Å². The van der Waals surface area contributed by atoms with Gasteiger partial charge in [-0.05, 0) is 287 Å². The summed E-state index contributed by atoms with van der Waals surface area (Å²) in [5.74, 6) is 6.50. The van der Waals surface area contributed by atoms with E-state index in [4.69, 9.17) is 34.8 Å². The molecule has 1 saturated heterocycles. The minimum absolute atomic E-state index is 0.0383. The van der Waals surface area contributed by atoms with Gasteiger partial charge in [0.1, 0.15) is 63.1 Å². The average molecular weight is 2330 g/mol. The van der Waals surface area contributed by atoms with Crippen molar-refractivity contribution in [1.29, 1.82) is 5.26 Å². The third kappa shape index (κ3) is 35.9. The normalized spacial score (nSPS) is 13.4. The monoisotopic (exact) mass is 2320 g/mol. The Morgan fingerprint density at radius 2 is 0.895 bits per heavy atom. The molecule has 0 bridgehead atoms. The van der Waals surface area contributed by atoms with Crippen molar-refractivity contribution in [3.8, 4) is 40.9 Å². The van der Waals surface area contributed by atoms with E-state index in [9.17, 15) is 75.4 Å². The molecule has 7 heterocycles. The molecular formula is C98H109BBr4ClF5N14O16S4. The van der Waals surface area contributed by atoms with E-state index in [1.54, 1.807) is 150 Å². The second kappa shape index (κ2) is 47.6. The van der Waals surface area contributed by atoms with Crippen LogP contribution in [0.15, 0.2) is 170 Å². The maximum atomic E-state index is 14.3. The molecule has 0 radical (unpaired) electrons. The first-order valence-electron chi connectivity index (χ1n) is 43.4. The number of para-hydroxylation sites is 4. The number of ether oxygens (including phenoxy) is 2. The minimum atomic E-state index is -3.41. The summed E-state index contributed by atoms with van der Waals surface area (Å²) in [4.78, 5) is 35.2. The highest BCUT2D eigenvalue weighted by Gasteiger charge is 2.52. The van der Waals surface area contributed by atoms with E-state index >= 15 is 0 Å². The first-order chi connectivity index (χ1) is 65.7. The summed E-state index contributed by atoms with van der Waals surface area (Å²) in [6.45, 7) is 24.7. The lowest BCUT2D eigenvalue weighted by Gasteiger charge is -2.32. The van der Waals surface area contributed by atoms with Gasteiger partial charge in [-0.15, -0.1) is 0 Å². The molecule has 6 N–H and O–H groups in total.